The molecule has 1 aromatic rings. The molecule has 0 unspecified atom stereocenters. The van der Waals surface area contributed by atoms with E-state index >= 15 is 0 Å². The van der Waals surface area contributed by atoms with Crippen molar-refractivity contribution in [3.63, 3.8) is 0 Å². The maximum absolute atomic E-state index is 12.0. The summed E-state index contributed by atoms with van der Waals surface area (Å²) in [4.78, 5) is 32.3. The number of thiazole rings is 1. The summed E-state index contributed by atoms with van der Waals surface area (Å²) in [7, 11) is 0. The van der Waals surface area contributed by atoms with Crippen molar-refractivity contribution >= 4 is 23.3 Å². The molecule has 0 aliphatic carbocycles. The Balaban J connectivity index is 1.82. The molecule has 1 aliphatic rings. The molecule has 1 N–H and O–H groups in total. The molecule has 2 rings (SSSR count). The lowest BCUT2D eigenvalue weighted by Crippen LogP contribution is -2.40. The summed E-state index contributed by atoms with van der Waals surface area (Å²) >= 11 is 1.65. The van der Waals surface area contributed by atoms with E-state index in [0.717, 1.165) is 5.01 Å². The van der Waals surface area contributed by atoms with Gasteiger partial charge in [-0.3, -0.25) is 9.69 Å². The predicted octanol–water partition coefficient (Wildman–Crippen LogP) is 1.39. The average molecular weight is 296 g/mol. The van der Waals surface area contributed by atoms with Crippen LogP contribution in [0.15, 0.2) is 6.20 Å². The summed E-state index contributed by atoms with van der Waals surface area (Å²) in [5.74, 6) is 0.185. The summed E-state index contributed by atoms with van der Waals surface area (Å²) in [6, 6.07) is -0.186. The Hall–Kier alpha value is -1.63. The van der Waals surface area contributed by atoms with Crippen LogP contribution < -0.4 is 5.32 Å². The highest BCUT2D eigenvalue weighted by molar-refractivity contribution is 7.11. The zero-order valence-electron chi connectivity index (χ0n) is 12.0. The molecule has 1 fully saturated rings. The number of nitrogens with one attached hydrogen (secondary N) is 1. The molecule has 0 bridgehead atoms. The van der Waals surface area contributed by atoms with E-state index in [2.05, 4.69) is 10.3 Å². The molecule has 0 spiro atoms. The van der Waals surface area contributed by atoms with Crippen molar-refractivity contribution in [1.29, 1.82) is 0 Å². The molecule has 7 heteroatoms. The first-order chi connectivity index (χ1) is 9.51. The van der Waals surface area contributed by atoms with Crippen LogP contribution in [0.4, 0.5) is 4.79 Å². The minimum atomic E-state index is -0.186. The lowest BCUT2D eigenvalue weighted by molar-refractivity contribution is -0.126. The van der Waals surface area contributed by atoms with Crippen LogP contribution in [0.5, 0.6) is 0 Å². The van der Waals surface area contributed by atoms with Crippen LogP contribution in [-0.4, -0.2) is 53.0 Å². The summed E-state index contributed by atoms with van der Waals surface area (Å²) < 4.78 is 0. The average Bonchev–Trinajstić information content (AvgIpc) is 3.01. The van der Waals surface area contributed by atoms with Crippen LogP contribution in [0.25, 0.3) is 0 Å². The molecule has 1 saturated heterocycles. The second-order valence-corrected chi connectivity index (χ2v) is 6.25. The number of carbonyl (C=O) groups excluding carboxylic acids is 2. The molecule has 3 amide bonds. The number of aryl methyl sites for hydroxylation is 1. The standard InChI is InChI=1S/C13H20N4O2S/c1-4-16-8-17(7-11(16)18)13(19)15-5-9(2)12-14-6-10(3)20-12/h6,9H,4-5,7-8H2,1-3H3,(H,15,19)/t9-/m0/s1. The van der Waals surface area contributed by atoms with Gasteiger partial charge < -0.3 is 10.2 Å². The maximum Gasteiger partial charge on any atom is 0.319 e. The molecule has 6 nitrogen and oxygen atoms in total. The van der Waals surface area contributed by atoms with Crippen LogP contribution in [-0.2, 0) is 4.79 Å². The molecule has 2 heterocycles. The summed E-state index contributed by atoms with van der Waals surface area (Å²) in [5, 5.41) is 3.90. The minimum absolute atomic E-state index is 0.00578. The number of hydrogen-bond acceptors (Lipinski definition) is 4. The first-order valence-electron chi connectivity index (χ1n) is 6.74. The van der Waals surface area contributed by atoms with Crippen LogP contribution in [0, 0.1) is 6.92 Å². The number of amides is 3. The monoisotopic (exact) mass is 296 g/mol. The highest BCUT2D eigenvalue weighted by atomic mass is 32.1. The first-order valence-corrected chi connectivity index (χ1v) is 7.55. The number of urea groups is 1. The van der Waals surface area contributed by atoms with Crippen molar-refractivity contribution in [3.8, 4) is 0 Å². The fraction of sp³-hybridized carbons (Fsp3) is 0.615. The SMILES string of the molecule is CCN1CN(C(=O)NC[C@H](C)c2ncc(C)s2)CC1=O. The molecule has 110 valence electrons. The van der Waals surface area contributed by atoms with Gasteiger partial charge in [0.2, 0.25) is 5.91 Å². The smallest absolute Gasteiger partial charge is 0.319 e. The Morgan fingerprint density at radius 2 is 2.35 bits per heavy atom. The molecular weight excluding hydrogens is 276 g/mol. The predicted molar refractivity (Wildman–Crippen MR) is 77.6 cm³/mol. The van der Waals surface area contributed by atoms with Gasteiger partial charge in [0, 0.05) is 30.1 Å². The van der Waals surface area contributed by atoms with Crippen LogP contribution in [0.3, 0.4) is 0 Å². The van der Waals surface area contributed by atoms with Crippen molar-refractivity contribution < 1.29 is 9.59 Å². The summed E-state index contributed by atoms with van der Waals surface area (Å²) in [6.07, 6.45) is 1.84. The highest BCUT2D eigenvalue weighted by Gasteiger charge is 2.29. The van der Waals surface area contributed by atoms with E-state index in [1.807, 2.05) is 27.0 Å². The Labute approximate surface area is 122 Å². The number of aromatic nitrogens is 1. The van der Waals surface area contributed by atoms with Gasteiger partial charge in [0.25, 0.3) is 0 Å². The molecule has 20 heavy (non-hydrogen) atoms. The number of hydrogen-bond donors (Lipinski definition) is 1. The minimum Gasteiger partial charge on any atom is -0.337 e. The second-order valence-electron chi connectivity index (χ2n) is 4.99. The van der Waals surface area contributed by atoms with Crippen LogP contribution in [0.2, 0.25) is 0 Å². The molecule has 0 aromatic carbocycles. The topological polar surface area (TPSA) is 65.5 Å². The van der Waals surface area contributed by atoms with Crippen molar-refractivity contribution in [2.75, 3.05) is 26.3 Å². The van der Waals surface area contributed by atoms with Crippen LogP contribution in [0.1, 0.15) is 29.7 Å². The van der Waals surface area contributed by atoms with E-state index in [1.165, 1.54) is 9.78 Å². The van der Waals surface area contributed by atoms with E-state index < -0.39 is 0 Å². The van der Waals surface area contributed by atoms with E-state index in [1.54, 1.807) is 16.2 Å². The third kappa shape index (κ3) is 3.27. The van der Waals surface area contributed by atoms with Gasteiger partial charge in [-0.15, -0.1) is 11.3 Å². The maximum atomic E-state index is 12.0. The van der Waals surface area contributed by atoms with Crippen molar-refractivity contribution in [1.82, 2.24) is 20.1 Å². The fourth-order valence-electron chi connectivity index (χ4n) is 2.05. The Morgan fingerprint density at radius 1 is 1.60 bits per heavy atom. The normalized spacial score (nSPS) is 16.6. The van der Waals surface area contributed by atoms with E-state index in [9.17, 15) is 9.59 Å². The molecule has 1 atom stereocenters. The van der Waals surface area contributed by atoms with Gasteiger partial charge >= 0.3 is 6.03 Å². The van der Waals surface area contributed by atoms with Gasteiger partial charge in [-0.05, 0) is 13.8 Å². The Bertz CT molecular complexity index is 502. The summed E-state index contributed by atoms with van der Waals surface area (Å²) in [6.45, 7) is 7.68. The zero-order chi connectivity index (χ0) is 14.7. The highest BCUT2D eigenvalue weighted by Crippen LogP contribution is 2.20. The van der Waals surface area contributed by atoms with Gasteiger partial charge in [-0.2, -0.15) is 0 Å². The van der Waals surface area contributed by atoms with Gasteiger partial charge in [0.1, 0.15) is 6.54 Å². The third-order valence-electron chi connectivity index (χ3n) is 3.31. The number of likely N-dealkylation sites (N-methyl/N-ethyl adjacent to an activating group) is 1. The van der Waals surface area contributed by atoms with E-state index in [0.29, 0.717) is 19.8 Å². The molecule has 0 saturated carbocycles. The largest absolute Gasteiger partial charge is 0.337 e. The fourth-order valence-corrected chi connectivity index (χ4v) is 2.88. The van der Waals surface area contributed by atoms with Crippen LogP contribution >= 0.6 is 11.3 Å². The van der Waals surface area contributed by atoms with Crippen molar-refractivity contribution in [3.05, 3.63) is 16.1 Å². The van der Waals surface area contributed by atoms with Crippen molar-refractivity contribution in [2.24, 2.45) is 0 Å². The third-order valence-corrected chi connectivity index (χ3v) is 4.45. The van der Waals surface area contributed by atoms with Crippen molar-refractivity contribution in [2.45, 2.75) is 26.7 Å². The van der Waals surface area contributed by atoms with Gasteiger partial charge in [-0.25, -0.2) is 9.78 Å². The molecule has 1 aromatic heterocycles. The van der Waals surface area contributed by atoms with E-state index in [4.69, 9.17) is 0 Å². The number of nitrogens with zero attached hydrogens (tertiary/aromatic N) is 3. The first kappa shape index (κ1) is 14.8. The molecule has 0 radical (unpaired) electrons. The zero-order valence-corrected chi connectivity index (χ0v) is 12.9. The molecule has 1 aliphatic heterocycles. The Morgan fingerprint density at radius 3 is 2.90 bits per heavy atom. The quantitative estimate of drug-likeness (QED) is 0.913. The number of carbonyl (C=O) groups is 2. The van der Waals surface area contributed by atoms with E-state index in [-0.39, 0.29) is 24.4 Å². The molecular formula is C13H20N4O2S. The second kappa shape index (κ2) is 6.21. The Kier molecular flexibility index (Phi) is 4.59. The van der Waals surface area contributed by atoms with Gasteiger partial charge in [-0.1, -0.05) is 6.92 Å². The number of rotatable bonds is 4. The lowest BCUT2D eigenvalue weighted by atomic mass is 10.2. The summed E-state index contributed by atoms with van der Waals surface area (Å²) in [5.41, 5.74) is 0. The van der Waals surface area contributed by atoms with Gasteiger partial charge in [0.05, 0.1) is 11.7 Å². The van der Waals surface area contributed by atoms with Gasteiger partial charge in [0.15, 0.2) is 0 Å². The lowest BCUT2D eigenvalue weighted by Gasteiger charge is -2.18.